The zero-order valence-electron chi connectivity index (χ0n) is 19.9. The van der Waals surface area contributed by atoms with Crippen molar-refractivity contribution in [3.05, 3.63) is 53.1 Å². The molecule has 2 rings (SSSR count). The Balaban J connectivity index is 2.29. The van der Waals surface area contributed by atoms with Crippen LogP contribution in [0.5, 0.6) is 23.0 Å². The van der Waals surface area contributed by atoms with Crippen LogP contribution in [0.1, 0.15) is 11.3 Å². The topological polar surface area (TPSA) is 139 Å². The van der Waals surface area contributed by atoms with E-state index in [0.717, 1.165) is 17.6 Å². The van der Waals surface area contributed by atoms with Gasteiger partial charge in [-0.3, -0.25) is 4.79 Å². The third kappa shape index (κ3) is 7.74. The van der Waals surface area contributed by atoms with E-state index in [4.69, 9.17) is 18.9 Å². The summed E-state index contributed by atoms with van der Waals surface area (Å²) in [6.07, 6.45) is 3.24. The van der Waals surface area contributed by atoms with Crippen molar-refractivity contribution in [1.29, 1.82) is 0 Å². The number of rotatable bonds is 11. The zero-order valence-corrected chi connectivity index (χ0v) is 20.7. The predicted octanol–water partition coefficient (Wildman–Crippen LogP) is 2.37. The van der Waals surface area contributed by atoms with E-state index in [2.05, 4.69) is 15.0 Å². The summed E-state index contributed by atoms with van der Waals surface area (Å²) in [6, 6.07) is 6.13. The van der Waals surface area contributed by atoms with Gasteiger partial charge in [0.2, 0.25) is 5.91 Å². The van der Waals surface area contributed by atoms with Crippen molar-refractivity contribution in [3.63, 3.8) is 0 Å². The molecule has 1 aromatic carbocycles. The van der Waals surface area contributed by atoms with E-state index >= 15 is 0 Å². The standard InChI is InChI=1S/C23H26N2O9S/c1-30-16-12-19(32-3)17(20(13-16)33-4)10-11-35(28,29)14-15-6-7-18(31-2)23(24-15)25-21(26)8-9-22(27)34-5/h6-13H,14H2,1-5H3,(H,24,25,26)/b9-8-,11-10+. The van der Waals surface area contributed by atoms with E-state index in [1.807, 2.05) is 0 Å². The number of amides is 1. The van der Waals surface area contributed by atoms with Crippen molar-refractivity contribution in [2.24, 2.45) is 0 Å². The minimum atomic E-state index is -3.80. The van der Waals surface area contributed by atoms with Crippen molar-refractivity contribution >= 4 is 33.6 Å². The first-order valence-electron chi connectivity index (χ1n) is 9.98. The molecule has 0 saturated carbocycles. The van der Waals surface area contributed by atoms with E-state index < -0.39 is 27.5 Å². The van der Waals surface area contributed by atoms with Gasteiger partial charge in [-0.15, -0.1) is 0 Å². The van der Waals surface area contributed by atoms with Crippen LogP contribution in [-0.4, -0.2) is 60.8 Å². The summed E-state index contributed by atoms with van der Waals surface area (Å²) in [4.78, 5) is 27.4. The number of sulfone groups is 1. The van der Waals surface area contributed by atoms with E-state index in [1.165, 1.54) is 53.8 Å². The summed E-state index contributed by atoms with van der Waals surface area (Å²) in [6.45, 7) is 0. The molecule has 35 heavy (non-hydrogen) atoms. The summed E-state index contributed by atoms with van der Waals surface area (Å²) in [5.41, 5.74) is 0.559. The van der Waals surface area contributed by atoms with Gasteiger partial charge in [0, 0.05) is 29.7 Å². The van der Waals surface area contributed by atoms with Crippen molar-refractivity contribution < 1.29 is 41.7 Å². The van der Waals surface area contributed by atoms with Crippen LogP contribution in [0.2, 0.25) is 0 Å². The fraction of sp³-hybridized carbons (Fsp3) is 0.261. The Labute approximate surface area is 203 Å². The van der Waals surface area contributed by atoms with Crippen LogP contribution in [-0.2, 0) is 29.9 Å². The number of pyridine rings is 1. The highest BCUT2D eigenvalue weighted by Gasteiger charge is 2.16. The van der Waals surface area contributed by atoms with Gasteiger partial charge in [0.15, 0.2) is 21.4 Å². The van der Waals surface area contributed by atoms with Crippen molar-refractivity contribution in [2.45, 2.75) is 5.75 Å². The Morgan fingerprint density at radius 3 is 2.09 bits per heavy atom. The highest BCUT2D eigenvalue weighted by molar-refractivity contribution is 7.93. The molecule has 0 radical (unpaired) electrons. The molecule has 0 unspecified atom stereocenters. The molecule has 0 aliphatic heterocycles. The van der Waals surface area contributed by atoms with E-state index in [0.29, 0.717) is 22.8 Å². The van der Waals surface area contributed by atoms with Crippen LogP contribution in [0.15, 0.2) is 41.8 Å². The molecule has 1 N–H and O–H groups in total. The third-order valence-electron chi connectivity index (χ3n) is 4.49. The van der Waals surface area contributed by atoms with Gasteiger partial charge < -0.3 is 29.0 Å². The number of methoxy groups -OCH3 is 5. The highest BCUT2D eigenvalue weighted by Crippen LogP contribution is 2.35. The van der Waals surface area contributed by atoms with Crippen molar-refractivity contribution in [3.8, 4) is 23.0 Å². The van der Waals surface area contributed by atoms with Crippen LogP contribution in [0.25, 0.3) is 6.08 Å². The Morgan fingerprint density at radius 1 is 0.914 bits per heavy atom. The first kappa shape index (κ1) is 27.2. The number of benzene rings is 1. The fourth-order valence-corrected chi connectivity index (χ4v) is 3.83. The number of ether oxygens (including phenoxy) is 5. The van der Waals surface area contributed by atoms with E-state index in [1.54, 1.807) is 12.1 Å². The molecule has 1 aromatic heterocycles. The van der Waals surface area contributed by atoms with Crippen LogP contribution < -0.4 is 24.3 Å². The molecule has 0 bridgehead atoms. The number of carbonyl (C=O) groups is 2. The molecule has 2 aromatic rings. The second-order valence-electron chi connectivity index (χ2n) is 6.75. The number of hydrogen-bond donors (Lipinski definition) is 1. The minimum absolute atomic E-state index is 0.0119. The van der Waals surface area contributed by atoms with Crippen molar-refractivity contribution in [2.75, 3.05) is 40.9 Å². The highest BCUT2D eigenvalue weighted by atomic mass is 32.2. The lowest BCUT2D eigenvalue weighted by molar-refractivity contribution is -0.135. The largest absolute Gasteiger partial charge is 0.496 e. The summed E-state index contributed by atoms with van der Waals surface area (Å²) in [5, 5.41) is 3.46. The van der Waals surface area contributed by atoms with Gasteiger partial charge in [0.1, 0.15) is 17.2 Å². The fourth-order valence-electron chi connectivity index (χ4n) is 2.81. The van der Waals surface area contributed by atoms with Crippen molar-refractivity contribution in [1.82, 2.24) is 4.98 Å². The molecule has 11 nitrogen and oxygen atoms in total. The Hall–Kier alpha value is -4.06. The van der Waals surface area contributed by atoms with Gasteiger partial charge in [-0.2, -0.15) is 0 Å². The second-order valence-corrected chi connectivity index (χ2v) is 8.64. The molecule has 0 saturated heterocycles. The summed E-state index contributed by atoms with van der Waals surface area (Å²) >= 11 is 0. The normalized spacial score (nSPS) is 11.3. The monoisotopic (exact) mass is 506 g/mol. The average Bonchev–Trinajstić information content (AvgIpc) is 2.85. The number of aromatic nitrogens is 1. The molecule has 188 valence electrons. The van der Waals surface area contributed by atoms with Gasteiger partial charge in [0.25, 0.3) is 0 Å². The molecule has 0 spiro atoms. The second kappa shape index (κ2) is 12.4. The summed E-state index contributed by atoms with van der Waals surface area (Å²) in [5.74, 6) is -0.458. The molecule has 0 aliphatic carbocycles. The molecule has 12 heteroatoms. The lowest BCUT2D eigenvalue weighted by Crippen LogP contribution is -2.13. The number of anilines is 1. The molecular formula is C23H26N2O9S. The average molecular weight is 507 g/mol. The maximum Gasteiger partial charge on any atom is 0.330 e. The predicted molar refractivity (Wildman–Crippen MR) is 128 cm³/mol. The molecule has 1 amide bonds. The molecule has 1 heterocycles. The van der Waals surface area contributed by atoms with Crippen LogP contribution in [0, 0.1) is 0 Å². The third-order valence-corrected chi connectivity index (χ3v) is 5.74. The number of hydrogen-bond acceptors (Lipinski definition) is 10. The van der Waals surface area contributed by atoms with Gasteiger partial charge >= 0.3 is 5.97 Å². The van der Waals surface area contributed by atoms with E-state index in [-0.39, 0.29) is 17.3 Å². The smallest absolute Gasteiger partial charge is 0.330 e. The number of esters is 1. The SMILES string of the molecule is COC(=O)/C=C\C(=O)Nc1nc(CS(=O)(=O)/C=C/c2c(OC)cc(OC)cc2OC)ccc1OC. The molecule has 0 aliphatic rings. The van der Waals surface area contributed by atoms with Gasteiger partial charge in [0.05, 0.1) is 52.6 Å². The molecule has 0 fully saturated rings. The van der Waals surface area contributed by atoms with Crippen LogP contribution in [0.3, 0.4) is 0 Å². The first-order chi connectivity index (χ1) is 16.7. The maximum atomic E-state index is 12.8. The van der Waals surface area contributed by atoms with Crippen LogP contribution >= 0.6 is 0 Å². The molecular weight excluding hydrogens is 480 g/mol. The number of nitrogens with zero attached hydrogens (tertiary/aromatic N) is 1. The lowest BCUT2D eigenvalue weighted by Gasteiger charge is -2.12. The number of nitrogens with one attached hydrogen (secondary N) is 1. The van der Waals surface area contributed by atoms with Gasteiger partial charge in [-0.05, 0) is 18.2 Å². The quantitative estimate of drug-likeness (QED) is 0.357. The Bertz CT molecular complexity index is 1210. The summed E-state index contributed by atoms with van der Waals surface area (Å²) in [7, 11) is 3.11. The lowest BCUT2D eigenvalue weighted by atomic mass is 10.1. The molecule has 0 atom stereocenters. The van der Waals surface area contributed by atoms with Crippen LogP contribution in [0.4, 0.5) is 5.82 Å². The van der Waals surface area contributed by atoms with Gasteiger partial charge in [-0.25, -0.2) is 18.2 Å². The Kier molecular flexibility index (Phi) is 9.64. The van der Waals surface area contributed by atoms with E-state index in [9.17, 15) is 18.0 Å². The van der Waals surface area contributed by atoms with Gasteiger partial charge in [-0.1, -0.05) is 0 Å². The zero-order chi connectivity index (χ0) is 26.0. The minimum Gasteiger partial charge on any atom is -0.496 e. The number of carbonyl (C=O) groups excluding carboxylic acids is 2. The summed E-state index contributed by atoms with van der Waals surface area (Å²) < 4.78 is 51.0. The first-order valence-corrected chi connectivity index (χ1v) is 11.7. The maximum absolute atomic E-state index is 12.8. The Morgan fingerprint density at radius 2 is 1.54 bits per heavy atom.